The summed E-state index contributed by atoms with van der Waals surface area (Å²) < 4.78 is 0. The summed E-state index contributed by atoms with van der Waals surface area (Å²) in [4.78, 5) is 0. The minimum absolute atomic E-state index is 0.292. The second-order valence-electron chi connectivity index (χ2n) is 5.26. The van der Waals surface area contributed by atoms with Gasteiger partial charge in [-0.2, -0.15) is 5.26 Å². The standard InChI is InChI=1S/C18H20N2/c1-13-7-8-18(9-14(13)2)15(3)20-12-17-6-4-5-16(10-17)11-19/h4-10,15,20H,12H2,1-3H3. The molecule has 0 amide bonds. The number of hydrogen-bond donors (Lipinski definition) is 1. The molecular weight excluding hydrogens is 244 g/mol. The molecule has 0 aliphatic heterocycles. The molecule has 2 aromatic carbocycles. The van der Waals surface area contributed by atoms with Crippen LogP contribution in [-0.2, 0) is 6.54 Å². The zero-order chi connectivity index (χ0) is 14.5. The van der Waals surface area contributed by atoms with Crippen molar-refractivity contribution in [3.05, 3.63) is 70.3 Å². The minimum Gasteiger partial charge on any atom is -0.306 e. The van der Waals surface area contributed by atoms with Gasteiger partial charge in [-0.1, -0.05) is 30.3 Å². The van der Waals surface area contributed by atoms with E-state index in [2.05, 4.69) is 50.4 Å². The van der Waals surface area contributed by atoms with Crippen LogP contribution in [0.3, 0.4) is 0 Å². The van der Waals surface area contributed by atoms with Crippen molar-refractivity contribution in [1.82, 2.24) is 5.32 Å². The molecule has 0 spiro atoms. The van der Waals surface area contributed by atoms with E-state index in [1.807, 2.05) is 24.3 Å². The number of hydrogen-bond acceptors (Lipinski definition) is 2. The van der Waals surface area contributed by atoms with Crippen molar-refractivity contribution in [2.24, 2.45) is 0 Å². The zero-order valence-electron chi connectivity index (χ0n) is 12.3. The van der Waals surface area contributed by atoms with Crippen LogP contribution in [0.1, 0.15) is 40.8 Å². The second-order valence-corrected chi connectivity index (χ2v) is 5.26. The van der Waals surface area contributed by atoms with Crippen LogP contribution in [0.5, 0.6) is 0 Å². The summed E-state index contributed by atoms with van der Waals surface area (Å²) in [6.07, 6.45) is 0. The molecule has 2 rings (SSSR count). The number of rotatable bonds is 4. The molecular formula is C18H20N2. The monoisotopic (exact) mass is 264 g/mol. The Hall–Kier alpha value is -2.11. The maximum atomic E-state index is 8.90. The average Bonchev–Trinajstić information content (AvgIpc) is 2.47. The predicted molar refractivity (Wildman–Crippen MR) is 82.3 cm³/mol. The minimum atomic E-state index is 0.292. The van der Waals surface area contributed by atoms with Gasteiger partial charge in [-0.3, -0.25) is 0 Å². The third-order valence-corrected chi connectivity index (χ3v) is 3.70. The quantitative estimate of drug-likeness (QED) is 0.905. The van der Waals surface area contributed by atoms with Crippen LogP contribution in [0.15, 0.2) is 42.5 Å². The van der Waals surface area contributed by atoms with Gasteiger partial charge >= 0.3 is 0 Å². The van der Waals surface area contributed by atoms with Crippen molar-refractivity contribution in [2.75, 3.05) is 0 Å². The van der Waals surface area contributed by atoms with Gasteiger partial charge in [0.2, 0.25) is 0 Å². The van der Waals surface area contributed by atoms with E-state index in [9.17, 15) is 0 Å². The molecule has 2 aromatic rings. The van der Waals surface area contributed by atoms with Gasteiger partial charge in [0.15, 0.2) is 0 Å². The van der Waals surface area contributed by atoms with Crippen molar-refractivity contribution < 1.29 is 0 Å². The van der Waals surface area contributed by atoms with Crippen LogP contribution in [-0.4, -0.2) is 0 Å². The highest BCUT2D eigenvalue weighted by Gasteiger charge is 2.06. The van der Waals surface area contributed by atoms with Crippen LogP contribution in [0.4, 0.5) is 0 Å². The Morgan fingerprint density at radius 3 is 2.60 bits per heavy atom. The zero-order valence-corrected chi connectivity index (χ0v) is 12.3. The third kappa shape index (κ3) is 3.46. The highest BCUT2D eigenvalue weighted by atomic mass is 14.9. The van der Waals surface area contributed by atoms with Gasteiger partial charge < -0.3 is 5.32 Å². The first kappa shape index (κ1) is 14.3. The summed E-state index contributed by atoms with van der Waals surface area (Å²) >= 11 is 0. The first-order chi connectivity index (χ1) is 9.60. The molecule has 0 saturated heterocycles. The van der Waals surface area contributed by atoms with Crippen molar-refractivity contribution in [3.63, 3.8) is 0 Å². The van der Waals surface area contributed by atoms with Crippen LogP contribution >= 0.6 is 0 Å². The van der Waals surface area contributed by atoms with Gasteiger partial charge in [0.05, 0.1) is 11.6 Å². The van der Waals surface area contributed by atoms with Crippen molar-refractivity contribution in [3.8, 4) is 6.07 Å². The predicted octanol–water partition coefficient (Wildman–Crippen LogP) is 4.03. The second kappa shape index (κ2) is 6.36. The highest BCUT2D eigenvalue weighted by Crippen LogP contribution is 2.17. The van der Waals surface area contributed by atoms with E-state index in [-0.39, 0.29) is 0 Å². The fourth-order valence-corrected chi connectivity index (χ4v) is 2.17. The van der Waals surface area contributed by atoms with Crippen LogP contribution < -0.4 is 5.32 Å². The van der Waals surface area contributed by atoms with E-state index in [1.165, 1.54) is 16.7 Å². The average molecular weight is 264 g/mol. The molecule has 1 unspecified atom stereocenters. The largest absolute Gasteiger partial charge is 0.306 e. The Labute approximate surface area is 121 Å². The third-order valence-electron chi connectivity index (χ3n) is 3.70. The normalized spacial score (nSPS) is 11.9. The van der Waals surface area contributed by atoms with Gasteiger partial charge in [0.25, 0.3) is 0 Å². The molecule has 0 heterocycles. The Kier molecular flexibility index (Phi) is 4.55. The molecule has 0 aliphatic carbocycles. The first-order valence-electron chi connectivity index (χ1n) is 6.89. The number of aryl methyl sites for hydroxylation is 2. The molecule has 0 radical (unpaired) electrons. The fraction of sp³-hybridized carbons (Fsp3) is 0.278. The number of nitriles is 1. The summed E-state index contributed by atoms with van der Waals surface area (Å²) in [5.74, 6) is 0. The van der Waals surface area contributed by atoms with Gasteiger partial charge in [0, 0.05) is 12.6 Å². The first-order valence-corrected chi connectivity index (χ1v) is 6.89. The van der Waals surface area contributed by atoms with Crippen molar-refractivity contribution >= 4 is 0 Å². The van der Waals surface area contributed by atoms with E-state index < -0.39 is 0 Å². The molecule has 20 heavy (non-hydrogen) atoms. The molecule has 0 fully saturated rings. The lowest BCUT2D eigenvalue weighted by Crippen LogP contribution is -2.18. The van der Waals surface area contributed by atoms with E-state index in [0.717, 1.165) is 12.1 Å². The van der Waals surface area contributed by atoms with Crippen LogP contribution in [0, 0.1) is 25.2 Å². The molecule has 102 valence electrons. The summed E-state index contributed by atoms with van der Waals surface area (Å²) in [5, 5.41) is 12.4. The van der Waals surface area contributed by atoms with E-state index in [1.54, 1.807) is 0 Å². The van der Waals surface area contributed by atoms with Crippen LogP contribution in [0.25, 0.3) is 0 Å². The van der Waals surface area contributed by atoms with Crippen molar-refractivity contribution in [1.29, 1.82) is 5.26 Å². The Morgan fingerprint density at radius 1 is 1.10 bits per heavy atom. The van der Waals surface area contributed by atoms with Crippen LogP contribution in [0.2, 0.25) is 0 Å². The van der Waals surface area contributed by atoms with Gasteiger partial charge in [-0.25, -0.2) is 0 Å². The SMILES string of the molecule is Cc1ccc(C(C)NCc2cccc(C#N)c2)cc1C. The van der Waals surface area contributed by atoms with Gasteiger partial charge in [-0.15, -0.1) is 0 Å². The lowest BCUT2D eigenvalue weighted by molar-refractivity contribution is 0.574. The van der Waals surface area contributed by atoms with E-state index in [0.29, 0.717) is 11.6 Å². The Balaban J connectivity index is 2.02. The molecule has 2 nitrogen and oxygen atoms in total. The molecule has 1 atom stereocenters. The Bertz CT molecular complexity index is 638. The maximum Gasteiger partial charge on any atom is 0.0991 e. The van der Waals surface area contributed by atoms with Gasteiger partial charge in [0.1, 0.15) is 0 Å². The molecule has 1 N–H and O–H groups in total. The molecule has 0 saturated carbocycles. The molecule has 0 aliphatic rings. The summed E-state index contributed by atoms with van der Waals surface area (Å²) in [6.45, 7) is 7.20. The van der Waals surface area contributed by atoms with E-state index >= 15 is 0 Å². The number of benzene rings is 2. The highest BCUT2D eigenvalue weighted by molar-refractivity contribution is 5.33. The summed E-state index contributed by atoms with van der Waals surface area (Å²) in [6, 6.07) is 16.8. The summed E-state index contributed by atoms with van der Waals surface area (Å²) in [5.41, 5.74) is 5.79. The summed E-state index contributed by atoms with van der Waals surface area (Å²) in [7, 11) is 0. The number of nitrogens with one attached hydrogen (secondary N) is 1. The molecule has 2 heteroatoms. The number of nitrogens with zero attached hydrogens (tertiary/aromatic N) is 1. The lowest BCUT2D eigenvalue weighted by Gasteiger charge is -2.16. The lowest BCUT2D eigenvalue weighted by atomic mass is 10.0. The fourth-order valence-electron chi connectivity index (χ4n) is 2.17. The molecule has 0 bridgehead atoms. The molecule has 0 aromatic heterocycles. The topological polar surface area (TPSA) is 35.8 Å². The smallest absolute Gasteiger partial charge is 0.0991 e. The van der Waals surface area contributed by atoms with Gasteiger partial charge in [-0.05, 0) is 55.2 Å². The Morgan fingerprint density at radius 2 is 1.90 bits per heavy atom. The van der Waals surface area contributed by atoms with Crippen molar-refractivity contribution in [2.45, 2.75) is 33.4 Å². The van der Waals surface area contributed by atoms with E-state index in [4.69, 9.17) is 5.26 Å². The maximum absolute atomic E-state index is 8.90.